The van der Waals surface area contributed by atoms with E-state index >= 15 is 0 Å². The van der Waals surface area contributed by atoms with Crippen molar-refractivity contribution in [3.63, 3.8) is 0 Å². The van der Waals surface area contributed by atoms with Gasteiger partial charge in [-0.1, -0.05) is 13.8 Å². The highest BCUT2D eigenvalue weighted by Crippen LogP contribution is 2.08. The van der Waals surface area contributed by atoms with Gasteiger partial charge in [-0.25, -0.2) is 4.79 Å². The van der Waals surface area contributed by atoms with Crippen LogP contribution in [-0.4, -0.2) is 83.1 Å². The third-order valence-corrected chi connectivity index (χ3v) is 5.22. The second kappa shape index (κ2) is 17.9. The first kappa shape index (κ1) is 33.5. The average molecular weight is 531 g/mol. The first-order valence-electron chi connectivity index (χ1n) is 12.1. The van der Waals surface area contributed by atoms with Crippen LogP contribution in [0.4, 0.5) is 0 Å². The van der Waals surface area contributed by atoms with Gasteiger partial charge in [0.25, 0.3) is 0 Å². The number of carbonyl (C=O) groups is 5. The Bertz CT molecular complexity index is 802. The Morgan fingerprint density at radius 2 is 1.38 bits per heavy atom. The van der Waals surface area contributed by atoms with E-state index in [1.807, 2.05) is 13.8 Å². The predicted molar refractivity (Wildman–Crippen MR) is 136 cm³/mol. The summed E-state index contributed by atoms with van der Waals surface area (Å²) < 4.78 is 0. The van der Waals surface area contributed by atoms with E-state index in [-0.39, 0.29) is 37.7 Å². The second-order valence-electron chi connectivity index (χ2n) is 9.09. The van der Waals surface area contributed by atoms with Crippen LogP contribution in [0, 0.1) is 5.92 Å². The van der Waals surface area contributed by atoms with Crippen molar-refractivity contribution in [3.8, 4) is 0 Å². The molecule has 0 aromatic heterocycles. The van der Waals surface area contributed by atoms with Crippen molar-refractivity contribution in [2.45, 2.75) is 83.0 Å². The van der Waals surface area contributed by atoms with E-state index in [1.165, 1.54) is 0 Å². The zero-order chi connectivity index (χ0) is 28.5. The van der Waals surface area contributed by atoms with Gasteiger partial charge in [0.2, 0.25) is 17.7 Å². The molecule has 15 heteroatoms. The molecule has 37 heavy (non-hydrogen) atoms. The zero-order valence-corrected chi connectivity index (χ0v) is 21.4. The van der Waals surface area contributed by atoms with Gasteiger partial charge in [0.15, 0.2) is 5.96 Å². The van der Waals surface area contributed by atoms with Gasteiger partial charge in [-0.15, -0.1) is 0 Å². The van der Waals surface area contributed by atoms with Crippen molar-refractivity contribution in [1.29, 1.82) is 0 Å². The summed E-state index contributed by atoms with van der Waals surface area (Å²) in [6.07, 6.45) is 1.10. The summed E-state index contributed by atoms with van der Waals surface area (Å²) in [6.45, 7) is 4.24. The smallest absolute Gasteiger partial charge is 0.326 e. The first-order chi connectivity index (χ1) is 17.3. The number of unbranched alkanes of at least 4 members (excludes halogenated alkanes) is 1. The molecular formula is C22H42N8O7. The number of amides is 3. The van der Waals surface area contributed by atoms with E-state index in [1.54, 1.807) is 0 Å². The van der Waals surface area contributed by atoms with Crippen molar-refractivity contribution in [2.24, 2.45) is 33.8 Å². The zero-order valence-electron chi connectivity index (χ0n) is 21.4. The highest BCUT2D eigenvalue weighted by Gasteiger charge is 2.31. The molecular weight excluding hydrogens is 488 g/mol. The van der Waals surface area contributed by atoms with Crippen LogP contribution in [0.15, 0.2) is 4.99 Å². The molecule has 0 aromatic rings. The number of carboxylic acids is 2. The maximum atomic E-state index is 13.0. The Kier molecular flexibility index (Phi) is 16.2. The van der Waals surface area contributed by atoms with E-state index in [0.29, 0.717) is 25.8 Å². The number of carboxylic acid groups (broad SMARTS) is 2. The maximum Gasteiger partial charge on any atom is 0.326 e. The quantitative estimate of drug-likeness (QED) is 0.0480. The summed E-state index contributed by atoms with van der Waals surface area (Å²) in [5.41, 5.74) is 21.8. The van der Waals surface area contributed by atoms with Gasteiger partial charge >= 0.3 is 11.9 Å². The fourth-order valence-electron chi connectivity index (χ4n) is 3.31. The molecule has 4 unspecified atom stereocenters. The Balaban J connectivity index is 5.39. The summed E-state index contributed by atoms with van der Waals surface area (Å²) >= 11 is 0. The number of aliphatic imine (C=N–C) groups is 1. The highest BCUT2D eigenvalue weighted by molar-refractivity contribution is 5.95. The molecule has 0 rings (SSSR count). The van der Waals surface area contributed by atoms with E-state index in [4.69, 9.17) is 22.9 Å². The van der Waals surface area contributed by atoms with E-state index < -0.39 is 60.2 Å². The fourth-order valence-corrected chi connectivity index (χ4v) is 3.31. The summed E-state index contributed by atoms with van der Waals surface area (Å²) in [5, 5.41) is 25.7. The van der Waals surface area contributed by atoms with E-state index in [9.17, 15) is 34.2 Å². The summed E-state index contributed by atoms with van der Waals surface area (Å²) in [6, 6.07) is -4.92. The number of hydrogen-bond acceptors (Lipinski definition) is 8. The monoisotopic (exact) mass is 530 g/mol. The van der Waals surface area contributed by atoms with Crippen LogP contribution in [0.25, 0.3) is 0 Å². The van der Waals surface area contributed by atoms with Crippen LogP contribution in [0.5, 0.6) is 0 Å². The minimum atomic E-state index is -1.57. The molecule has 4 atom stereocenters. The van der Waals surface area contributed by atoms with Crippen LogP contribution in [0.1, 0.15) is 58.8 Å². The topological polar surface area (TPSA) is 278 Å². The van der Waals surface area contributed by atoms with E-state index in [2.05, 4.69) is 20.9 Å². The van der Waals surface area contributed by atoms with Crippen molar-refractivity contribution in [2.75, 3.05) is 13.1 Å². The summed E-state index contributed by atoms with van der Waals surface area (Å²) in [7, 11) is 0. The average Bonchev–Trinajstić information content (AvgIpc) is 2.79. The molecule has 0 heterocycles. The maximum absolute atomic E-state index is 13.0. The molecule has 0 aliphatic rings. The van der Waals surface area contributed by atoms with Gasteiger partial charge in [-0.05, 0) is 51.0 Å². The minimum Gasteiger partial charge on any atom is -0.481 e. The number of nitrogens with two attached hydrogens (primary N) is 4. The van der Waals surface area contributed by atoms with Crippen LogP contribution in [0.3, 0.4) is 0 Å². The number of nitrogens with zero attached hydrogens (tertiary/aromatic N) is 1. The third-order valence-electron chi connectivity index (χ3n) is 5.22. The molecule has 0 radical (unpaired) electrons. The lowest BCUT2D eigenvalue weighted by Crippen LogP contribution is -2.57. The molecule has 13 N–H and O–H groups in total. The fraction of sp³-hybridized carbons (Fsp3) is 0.727. The van der Waals surface area contributed by atoms with Gasteiger partial charge in [-0.2, -0.15) is 0 Å². The molecule has 0 saturated heterocycles. The van der Waals surface area contributed by atoms with Crippen LogP contribution >= 0.6 is 0 Å². The van der Waals surface area contributed by atoms with Crippen molar-refractivity contribution in [3.05, 3.63) is 0 Å². The lowest BCUT2D eigenvalue weighted by molar-refractivity contribution is -0.143. The Morgan fingerprint density at radius 3 is 1.89 bits per heavy atom. The third kappa shape index (κ3) is 15.3. The van der Waals surface area contributed by atoms with Crippen molar-refractivity contribution >= 4 is 35.6 Å². The van der Waals surface area contributed by atoms with Crippen molar-refractivity contribution < 1.29 is 34.2 Å². The van der Waals surface area contributed by atoms with Crippen LogP contribution < -0.4 is 38.9 Å². The number of nitrogens with one attached hydrogen (secondary N) is 3. The van der Waals surface area contributed by atoms with Crippen LogP contribution in [-0.2, 0) is 24.0 Å². The molecule has 0 fully saturated rings. The van der Waals surface area contributed by atoms with Gasteiger partial charge in [0, 0.05) is 6.54 Å². The van der Waals surface area contributed by atoms with Gasteiger partial charge in [0.05, 0.1) is 12.5 Å². The second-order valence-corrected chi connectivity index (χ2v) is 9.09. The SMILES string of the molecule is CC(C)CC(NC(=O)C(N)CCCN=C(N)N)C(=O)NC(CC(=O)O)C(=O)NC(CCCCN)C(=O)O. The molecule has 0 saturated carbocycles. The molecule has 0 bridgehead atoms. The first-order valence-corrected chi connectivity index (χ1v) is 12.1. The number of hydrogen-bond donors (Lipinski definition) is 9. The molecule has 0 aromatic carbocycles. The largest absolute Gasteiger partial charge is 0.481 e. The van der Waals surface area contributed by atoms with Crippen LogP contribution in [0.2, 0.25) is 0 Å². The van der Waals surface area contributed by atoms with Crippen molar-refractivity contribution in [1.82, 2.24) is 16.0 Å². The Hall–Kier alpha value is -3.46. The molecule has 3 amide bonds. The molecule has 0 aliphatic heterocycles. The summed E-state index contributed by atoms with van der Waals surface area (Å²) in [4.78, 5) is 64.9. The Morgan fingerprint density at radius 1 is 0.811 bits per heavy atom. The van der Waals surface area contributed by atoms with Gasteiger partial charge in [0.1, 0.15) is 18.1 Å². The molecule has 0 spiro atoms. The van der Waals surface area contributed by atoms with Gasteiger partial charge < -0.3 is 49.1 Å². The standard InChI is InChI=1S/C22H42N8O7/c1-12(2)10-15(29-18(33)13(24)6-5-9-27-22(25)26)19(34)30-16(11-17(31)32)20(35)28-14(21(36)37)7-3-4-8-23/h12-16H,3-11,23-24H2,1-2H3,(H,28,35)(H,29,33)(H,30,34)(H,31,32)(H,36,37)(H4,25,26,27). The normalized spacial score (nSPS) is 14.1. The number of guanidine groups is 1. The lowest BCUT2D eigenvalue weighted by Gasteiger charge is -2.25. The molecule has 0 aliphatic carbocycles. The predicted octanol–water partition coefficient (Wildman–Crippen LogP) is -2.44. The number of carbonyl (C=O) groups excluding carboxylic acids is 3. The Labute approximate surface area is 216 Å². The lowest BCUT2D eigenvalue weighted by atomic mass is 10.0. The summed E-state index contributed by atoms with van der Waals surface area (Å²) in [5.74, 6) is -5.22. The number of aliphatic carboxylic acids is 2. The molecule has 15 nitrogen and oxygen atoms in total. The van der Waals surface area contributed by atoms with Gasteiger partial charge in [-0.3, -0.25) is 24.2 Å². The number of rotatable bonds is 19. The molecule has 212 valence electrons. The van der Waals surface area contributed by atoms with E-state index in [0.717, 1.165) is 0 Å². The minimum absolute atomic E-state index is 0.0557. The highest BCUT2D eigenvalue weighted by atomic mass is 16.4.